The summed E-state index contributed by atoms with van der Waals surface area (Å²) in [6.07, 6.45) is 3.40. The highest BCUT2D eigenvalue weighted by atomic mass is 35.5. The third-order valence-electron chi connectivity index (χ3n) is 4.33. The summed E-state index contributed by atoms with van der Waals surface area (Å²) < 4.78 is 2.79. The maximum Gasteiger partial charge on any atom is 0.275 e. The predicted octanol–water partition coefficient (Wildman–Crippen LogP) is 3.18. The Morgan fingerprint density at radius 2 is 1.93 bits per heavy atom. The fraction of sp³-hybridized carbons (Fsp3) is 0.100. The molecule has 0 unspecified atom stereocenters. The van der Waals surface area contributed by atoms with Crippen LogP contribution in [0.5, 0.6) is 0 Å². The quantitative estimate of drug-likeness (QED) is 0.577. The first-order chi connectivity index (χ1) is 13.5. The molecular weight excluding hydrogens is 378 g/mol. The highest BCUT2D eigenvalue weighted by Crippen LogP contribution is 2.24. The molecule has 0 aliphatic rings. The number of halogens is 1. The lowest BCUT2D eigenvalue weighted by atomic mass is 10.1. The third-order valence-corrected chi connectivity index (χ3v) is 4.56. The van der Waals surface area contributed by atoms with E-state index in [0.717, 1.165) is 5.39 Å². The molecule has 0 aliphatic heterocycles. The Morgan fingerprint density at radius 3 is 2.68 bits per heavy atom. The minimum Gasteiger partial charge on any atom is -0.323 e. The number of anilines is 1. The smallest absolute Gasteiger partial charge is 0.275 e. The minimum atomic E-state index is -0.389. The van der Waals surface area contributed by atoms with Crippen LogP contribution in [0.1, 0.15) is 5.69 Å². The first kappa shape index (κ1) is 17.9. The lowest BCUT2D eigenvalue weighted by Crippen LogP contribution is -2.30. The van der Waals surface area contributed by atoms with Crippen LogP contribution in [-0.2, 0) is 11.3 Å². The number of aromatic nitrogens is 4. The number of carbonyl (C=O) groups excluding carboxylic acids is 1. The molecule has 140 valence electrons. The van der Waals surface area contributed by atoms with Crippen LogP contribution in [-0.4, -0.2) is 25.5 Å². The molecule has 0 atom stereocenters. The van der Waals surface area contributed by atoms with Crippen LogP contribution in [0.25, 0.3) is 16.5 Å². The van der Waals surface area contributed by atoms with Gasteiger partial charge in [0.1, 0.15) is 6.54 Å². The molecule has 1 N–H and O–H groups in total. The zero-order valence-corrected chi connectivity index (χ0v) is 15.7. The Balaban J connectivity index is 1.65. The van der Waals surface area contributed by atoms with E-state index in [1.54, 1.807) is 53.5 Å². The molecule has 0 fully saturated rings. The summed E-state index contributed by atoms with van der Waals surface area (Å²) in [4.78, 5) is 25.3. The summed E-state index contributed by atoms with van der Waals surface area (Å²) in [6, 6.07) is 14.1. The van der Waals surface area contributed by atoms with E-state index in [1.807, 2.05) is 19.1 Å². The molecule has 0 saturated heterocycles. The van der Waals surface area contributed by atoms with Crippen LogP contribution in [0, 0.1) is 6.92 Å². The Hall–Kier alpha value is -3.45. The van der Waals surface area contributed by atoms with E-state index in [1.165, 1.54) is 4.68 Å². The lowest BCUT2D eigenvalue weighted by molar-refractivity contribution is -0.117. The van der Waals surface area contributed by atoms with Gasteiger partial charge in [-0.15, -0.1) is 0 Å². The van der Waals surface area contributed by atoms with Gasteiger partial charge < -0.3 is 5.32 Å². The van der Waals surface area contributed by atoms with Gasteiger partial charge >= 0.3 is 0 Å². The van der Waals surface area contributed by atoms with E-state index in [4.69, 9.17) is 11.6 Å². The summed E-state index contributed by atoms with van der Waals surface area (Å²) in [6.45, 7) is 1.60. The van der Waals surface area contributed by atoms with Crippen molar-refractivity contribution in [3.63, 3.8) is 0 Å². The van der Waals surface area contributed by atoms with E-state index in [0.29, 0.717) is 27.5 Å². The van der Waals surface area contributed by atoms with Crippen molar-refractivity contribution < 1.29 is 4.79 Å². The van der Waals surface area contributed by atoms with Gasteiger partial charge in [0, 0.05) is 22.8 Å². The number of rotatable bonds is 4. The second-order valence-corrected chi connectivity index (χ2v) is 6.69. The summed E-state index contributed by atoms with van der Waals surface area (Å²) in [5.41, 5.74) is 1.53. The molecule has 0 spiro atoms. The Bertz CT molecular complexity index is 1230. The van der Waals surface area contributed by atoms with E-state index >= 15 is 0 Å². The molecular formula is C20H16ClN5O2. The minimum absolute atomic E-state index is 0.213. The van der Waals surface area contributed by atoms with E-state index in [-0.39, 0.29) is 18.0 Å². The SMILES string of the molecule is Cc1nn(CC(=O)Nc2cc(Cl)ccc2-n2cccn2)c(=O)c2ccccc12. The molecule has 0 radical (unpaired) electrons. The van der Waals surface area contributed by atoms with Gasteiger partial charge in [-0.3, -0.25) is 9.59 Å². The number of fused-ring (bicyclic) bond motifs is 1. The molecule has 8 heteroatoms. The van der Waals surface area contributed by atoms with Gasteiger partial charge in [0.05, 0.1) is 22.5 Å². The molecule has 7 nitrogen and oxygen atoms in total. The van der Waals surface area contributed by atoms with Gasteiger partial charge in [-0.05, 0) is 37.3 Å². The molecule has 1 amide bonds. The highest BCUT2D eigenvalue weighted by Gasteiger charge is 2.13. The second kappa shape index (κ2) is 7.28. The number of amides is 1. The average Bonchev–Trinajstić information content (AvgIpc) is 3.20. The van der Waals surface area contributed by atoms with Crippen molar-refractivity contribution in [3.8, 4) is 5.69 Å². The summed E-state index contributed by atoms with van der Waals surface area (Å²) in [7, 11) is 0. The first-order valence-corrected chi connectivity index (χ1v) is 8.96. The van der Waals surface area contributed by atoms with Crippen molar-refractivity contribution in [2.75, 3.05) is 5.32 Å². The number of hydrogen-bond acceptors (Lipinski definition) is 4. The third kappa shape index (κ3) is 3.39. The monoisotopic (exact) mass is 393 g/mol. The van der Waals surface area contributed by atoms with Gasteiger partial charge in [-0.25, -0.2) is 9.36 Å². The first-order valence-electron chi connectivity index (χ1n) is 8.59. The maximum atomic E-state index is 12.7. The van der Waals surface area contributed by atoms with E-state index in [2.05, 4.69) is 15.5 Å². The molecule has 28 heavy (non-hydrogen) atoms. The number of nitrogens with one attached hydrogen (secondary N) is 1. The molecule has 2 aromatic heterocycles. The number of aryl methyl sites for hydroxylation is 1. The van der Waals surface area contributed by atoms with Gasteiger partial charge in [0.25, 0.3) is 5.56 Å². The molecule has 4 aromatic rings. The molecule has 0 saturated carbocycles. The maximum absolute atomic E-state index is 12.7. The fourth-order valence-corrected chi connectivity index (χ4v) is 3.23. The predicted molar refractivity (Wildman–Crippen MR) is 108 cm³/mol. The van der Waals surface area contributed by atoms with Crippen LogP contribution in [0.3, 0.4) is 0 Å². The highest BCUT2D eigenvalue weighted by molar-refractivity contribution is 6.31. The van der Waals surface area contributed by atoms with Gasteiger partial charge in [-0.1, -0.05) is 29.8 Å². The van der Waals surface area contributed by atoms with Crippen LogP contribution in [0.15, 0.2) is 65.7 Å². The average molecular weight is 394 g/mol. The summed E-state index contributed by atoms with van der Waals surface area (Å²) >= 11 is 6.08. The zero-order chi connectivity index (χ0) is 19.7. The van der Waals surface area contributed by atoms with Gasteiger partial charge in [-0.2, -0.15) is 10.2 Å². The standard InChI is InChI=1S/C20H16ClN5O2/c1-13-15-5-2-3-6-16(15)20(28)26(24-13)12-19(27)23-17-11-14(21)7-8-18(17)25-10-4-9-22-25/h2-11H,12H2,1H3,(H,23,27). The molecule has 0 bridgehead atoms. The topological polar surface area (TPSA) is 81.8 Å². The van der Waals surface area contributed by atoms with Crippen molar-refractivity contribution in [1.82, 2.24) is 19.6 Å². The fourth-order valence-electron chi connectivity index (χ4n) is 3.06. The van der Waals surface area contributed by atoms with Gasteiger partial charge in [0.15, 0.2) is 0 Å². The largest absolute Gasteiger partial charge is 0.323 e. The molecule has 0 aliphatic carbocycles. The molecule has 2 heterocycles. The number of hydrogen-bond donors (Lipinski definition) is 1. The zero-order valence-electron chi connectivity index (χ0n) is 15.0. The number of benzene rings is 2. The Kier molecular flexibility index (Phi) is 4.67. The molecule has 4 rings (SSSR count). The number of carbonyl (C=O) groups is 1. The van der Waals surface area contributed by atoms with Crippen LogP contribution in [0.4, 0.5) is 5.69 Å². The van der Waals surface area contributed by atoms with Crippen LogP contribution < -0.4 is 10.9 Å². The van der Waals surface area contributed by atoms with Crippen LogP contribution >= 0.6 is 11.6 Å². The van der Waals surface area contributed by atoms with Crippen molar-refractivity contribution >= 4 is 34.0 Å². The van der Waals surface area contributed by atoms with Crippen molar-refractivity contribution in [1.29, 1.82) is 0 Å². The molecule has 2 aromatic carbocycles. The van der Waals surface area contributed by atoms with E-state index < -0.39 is 0 Å². The van der Waals surface area contributed by atoms with Crippen molar-refractivity contribution in [3.05, 3.63) is 82.0 Å². The van der Waals surface area contributed by atoms with Crippen molar-refractivity contribution in [2.24, 2.45) is 0 Å². The summed E-state index contributed by atoms with van der Waals surface area (Å²) in [5, 5.41) is 13.0. The second-order valence-electron chi connectivity index (χ2n) is 6.25. The van der Waals surface area contributed by atoms with E-state index in [9.17, 15) is 9.59 Å². The Morgan fingerprint density at radius 1 is 1.14 bits per heavy atom. The van der Waals surface area contributed by atoms with Gasteiger partial charge in [0.2, 0.25) is 5.91 Å². The lowest BCUT2D eigenvalue weighted by Gasteiger charge is -2.13. The normalized spacial score (nSPS) is 10.9. The summed E-state index contributed by atoms with van der Waals surface area (Å²) in [5.74, 6) is -0.389. The Labute approximate surface area is 165 Å². The number of nitrogens with zero attached hydrogens (tertiary/aromatic N) is 4. The van der Waals surface area contributed by atoms with Crippen molar-refractivity contribution in [2.45, 2.75) is 13.5 Å². The van der Waals surface area contributed by atoms with Crippen LogP contribution in [0.2, 0.25) is 5.02 Å².